The van der Waals surface area contributed by atoms with Gasteiger partial charge in [-0.3, -0.25) is 9.59 Å². The number of hydrogen-bond acceptors (Lipinski definition) is 2. The summed E-state index contributed by atoms with van der Waals surface area (Å²) in [6.07, 6.45) is 1.07. The fourth-order valence-electron chi connectivity index (χ4n) is 2.77. The summed E-state index contributed by atoms with van der Waals surface area (Å²) in [5.74, 6) is -0.864. The van der Waals surface area contributed by atoms with E-state index in [-0.39, 0.29) is 29.5 Å². The van der Waals surface area contributed by atoms with Gasteiger partial charge in [-0.2, -0.15) is 0 Å². The molecule has 1 aromatic carbocycles. The van der Waals surface area contributed by atoms with Crippen molar-refractivity contribution in [3.63, 3.8) is 0 Å². The number of likely N-dealkylation sites (tertiary alicyclic amines) is 1. The first kappa shape index (κ1) is 11.2. The maximum Gasteiger partial charge on any atom is 0.257 e. The van der Waals surface area contributed by atoms with Crippen LogP contribution in [-0.2, 0) is 4.79 Å². The second-order valence-electron chi connectivity index (χ2n) is 4.71. The first-order valence-electron chi connectivity index (χ1n) is 6.01. The minimum atomic E-state index is -0.511. The summed E-state index contributed by atoms with van der Waals surface area (Å²) in [7, 11) is 0. The number of fused-ring (bicyclic) bond motifs is 1. The number of amides is 2. The van der Waals surface area contributed by atoms with E-state index in [0.717, 1.165) is 6.42 Å². The number of nitrogens with one attached hydrogen (secondary N) is 1. The first-order chi connectivity index (χ1) is 8.66. The smallest absolute Gasteiger partial charge is 0.257 e. The van der Waals surface area contributed by atoms with E-state index >= 15 is 0 Å². The maximum atomic E-state index is 13.6. The topological polar surface area (TPSA) is 49.4 Å². The van der Waals surface area contributed by atoms with Gasteiger partial charge < -0.3 is 10.2 Å². The molecule has 0 aromatic heterocycles. The molecular formula is C13H13FN2O2. The second-order valence-corrected chi connectivity index (χ2v) is 4.71. The summed E-state index contributed by atoms with van der Waals surface area (Å²) in [5.41, 5.74) is 0.0810. The number of benzene rings is 1. The van der Waals surface area contributed by atoms with Gasteiger partial charge in [0.2, 0.25) is 5.91 Å². The summed E-state index contributed by atoms with van der Waals surface area (Å²) in [6, 6.07) is 5.87. The molecular weight excluding hydrogens is 235 g/mol. The Bertz CT molecular complexity index is 517. The third kappa shape index (κ3) is 1.66. The van der Waals surface area contributed by atoms with Gasteiger partial charge in [0.1, 0.15) is 5.82 Å². The fraction of sp³-hybridized carbons (Fsp3) is 0.385. The highest BCUT2D eigenvalue weighted by molar-refractivity contribution is 5.95. The number of halogens is 1. The van der Waals surface area contributed by atoms with Gasteiger partial charge in [0.05, 0.1) is 17.6 Å². The van der Waals surface area contributed by atoms with Crippen LogP contribution >= 0.6 is 0 Å². The number of hydrogen-bond donors (Lipinski definition) is 1. The van der Waals surface area contributed by atoms with Crippen molar-refractivity contribution in [1.82, 2.24) is 10.2 Å². The summed E-state index contributed by atoms with van der Waals surface area (Å²) in [6.45, 7) is 0.572. The molecule has 4 nitrogen and oxygen atoms in total. The lowest BCUT2D eigenvalue weighted by atomic mass is 10.1. The molecule has 2 aliphatic heterocycles. The number of rotatable bonds is 1. The Morgan fingerprint density at radius 1 is 1.39 bits per heavy atom. The number of nitrogens with zero attached hydrogens (tertiary/aromatic N) is 1. The summed E-state index contributed by atoms with van der Waals surface area (Å²) in [5, 5.41) is 2.84. The summed E-state index contributed by atoms with van der Waals surface area (Å²) in [4.78, 5) is 25.2. The maximum absolute atomic E-state index is 13.6. The Balaban J connectivity index is 1.86. The average molecular weight is 248 g/mol. The highest BCUT2D eigenvalue weighted by atomic mass is 19.1. The van der Waals surface area contributed by atoms with E-state index in [1.54, 1.807) is 17.0 Å². The molecule has 0 radical (unpaired) electrons. The molecule has 0 aliphatic carbocycles. The van der Waals surface area contributed by atoms with Crippen LogP contribution in [0.25, 0.3) is 0 Å². The molecule has 5 heteroatoms. The predicted molar refractivity (Wildman–Crippen MR) is 62.4 cm³/mol. The van der Waals surface area contributed by atoms with E-state index in [9.17, 15) is 14.0 Å². The highest BCUT2D eigenvalue weighted by Crippen LogP contribution is 2.27. The van der Waals surface area contributed by atoms with Crippen LogP contribution in [0.15, 0.2) is 24.3 Å². The van der Waals surface area contributed by atoms with Crippen molar-refractivity contribution in [1.29, 1.82) is 0 Å². The summed E-state index contributed by atoms with van der Waals surface area (Å²) < 4.78 is 13.6. The van der Waals surface area contributed by atoms with Gasteiger partial charge in [-0.05, 0) is 18.6 Å². The molecule has 2 fully saturated rings. The van der Waals surface area contributed by atoms with Crippen molar-refractivity contribution >= 4 is 11.8 Å². The highest BCUT2D eigenvalue weighted by Gasteiger charge is 2.43. The van der Waals surface area contributed by atoms with Crippen molar-refractivity contribution in [2.45, 2.75) is 24.9 Å². The zero-order valence-corrected chi connectivity index (χ0v) is 9.73. The van der Waals surface area contributed by atoms with Crippen LogP contribution in [0.3, 0.4) is 0 Å². The molecule has 1 aromatic rings. The minimum absolute atomic E-state index is 0.0315. The Morgan fingerprint density at radius 3 is 2.94 bits per heavy atom. The van der Waals surface area contributed by atoms with Crippen molar-refractivity contribution in [2.24, 2.45) is 0 Å². The third-order valence-electron chi connectivity index (χ3n) is 3.65. The second kappa shape index (κ2) is 4.08. The van der Waals surface area contributed by atoms with Crippen LogP contribution in [0.2, 0.25) is 0 Å². The lowest BCUT2D eigenvalue weighted by molar-refractivity contribution is -0.119. The lowest BCUT2D eigenvalue weighted by Crippen LogP contribution is -2.38. The van der Waals surface area contributed by atoms with Crippen molar-refractivity contribution in [2.75, 3.05) is 6.54 Å². The molecule has 0 saturated carbocycles. The van der Waals surface area contributed by atoms with Gasteiger partial charge in [-0.15, -0.1) is 0 Å². The fourth-order valence-corrected chi connectivity index (χ4v) is 2.77. The molecule has 0 unspecified atom stereocenters. The predicted octanol–water partition coefficient (Wildman–Crippen LogP) is 0.929. The van der Waals surface area contributed by atoms with Crippen molar-refractivity contribution in [3.8, 4) is 0 Å². The molecule has 2 saturated heterocycles. The van der Waals surface area contributed by atoms with Gasteiger partial charge in [0, 0.05) is 13.0 Å². The standard InChI is InChI=1S/C13H13FN2O2/c14-9-4-2-1-3-8(9)13(18)16-6-5-10-11(16)7-12(17)15-10/h1-4,10-11H,5-7H2,(H,15,17)/t10-,11-/m0/s1. The number of carbonyl (C=O) groups is 2. The van der Waals surface area contributed by atoms with Gasteiger partial charge in [-0.25, -0.2) is 4.39 Å². The molecule has 0 spiro atoms. The molecule has 1 N–H and O–H groups in total. The first-order valence-corrected chi connectivity index (χ1v) is 6.01. The zero-order chi connectivity index (χ0) is 12.7. The van der Waals surface area contributed by atoms with Gasteiger partial charge in [-0.1, -0.05) is 12.1 Å². The van der Waals surface area contributed by atoms with Crippen LogP contribution < -0.4 is 5.32 Å². The molecule has 18 heavy (non-hydrogen) atoms. The Morgan fingerprint density at radius 2 is 2.17 bits per heavy atom. The van der Waals surface area contributed by atoms with E-state index in [4.69, 9.17) is 0 Å². The molecule has 2 amide bonds. The molecule has 2 heterocycles. The molecule has 0 bridgehead atoms. The van der Waals surface area contributed by atoms with Crippen LogP contribution in [0.1, 0.15) is 23.2 Å². The van der Waals surface area contributed by atoms with Crippen molar-refractivity contribution in [3.05, 3.63) is 35.6 Å². The normalized spacial score (nSPS) is 26.1. The van der Waals surface area contributed by atoms with E-state index in [1.807, 2.05) is 0 Å². The quantitative estimate of drug-likeness (QED) is 0.803. The SMILES string of the molecule is O=C1C[C@H]2[C@H](CCN2C(=O)c2ccccc2F)N1. The van der Waals surface area contributed by atoms with E-state index in [2.05, 4.69) is 5.32 Å². The molecule has 2 atom stereocenters. The average Bonchev–Trinajstić information content (AvgIpc) is 2.87. The van der Waals surface area contributed by atoms with Crippen LogP contribution in [-0.4, -0.2) is 35.3 Å². The van der Waals surface area contributed by atoms with E-state index < -0.39 is 5.82 Å². The largest absolute Gasteiger partial charge is 0.351 e. The number of carbonyl (C=O) groups excluding carboxylic acids is 2. The Hall–Kier alpha value is -1.91. The van der Waals surface area contributed by atoms with Crippen LogP contribution in [0, 0.1) is 5.82 Å². The van der Waals surface area contributed by atoms with Gasteiger partial charge >= 0.3 is 0 Å². The van der Waals surface area contributed by atoms with E-state index in [0.29, 0.717) is 13.0 Å². The van der Waals surface area contributed by atoms with Crippen LogP contribution in [0.5, 0.6) is 0 Å². The summed E-state index contributed by atoms with van der Waals surface area (Å²) >= 11 is 0. The third-order valence-corrected chi connectivity index (χ3v) is 3.65. The van der Waals surface area contributed by atoms with Gasteiger partial charge in [0.25, 0.3) is 5.91 Å². The van der Waals surface area contributed by atoms with E-state index in [1.165, 1.54) is 12.1 Å². The zero-order valence-electron chi connectivity index (χ0n) is 9.73. The van der Waals surface area contributed by atoms with Gasteiger partial charge in [0.15, 0.2) is 0 Å². The van der Waals surface area contributed by atoms with Crippen LogP contribution in [0.4, 0.5) is 4.39 Å². The van der Waals surface area contributed by atoms with Crippen molar-refractivity contribution < 1.29 is 14.0 Å². The molecule has 2 aliphatic rings. The Labute approximate surface area is 104 Å². The lowest BCUT2D eigenvalue weighted by Gasteiger charge is -2.22. The molecule has 94 valence electrons. The monoisotopic (exact) mass is 248 g/mol. The Kier molecular flexibility index (Phi) is 2.54. The molecule has 3 rings (SSSR count). The minimum Gasteiger partial charge on any atom is -0.351 e.